The highest BCUT2D eigenvalue weighted by Gasteiger charge is 2.25. The van der Waals surface area contributed by atoms with Gasteiger partial charge in [-0.05, 0) is 17.7 Å². The smallest absolute Gasteiger partial charge is 0.319 e. The van der Waals surface area contributed by atoms with E-state index in [2.05, 4.69) is 26.3 Å². The second kappa shape index (κ2) is 8.96. The largest absolute Gasteiger partial charge is 0.464 e. The Hall–Kier alpha value is -3.83. The molecule has 0 radical (unpaired) electrons. The fourth-order valence-electron chi connectivity index (χ4n) is 4.34. The number of nitriles is 1. The van der Waals surface area contributed by atoms with Crippen molar-refractivity contribution in [1.82, 2.24) is 20.3 Å². The van der Waals surface area contributed by atoms with Crippen LogP contribution in [0.2, 0.25) is 0 Å². The van der Waals surface area contributed by atoms with Gasteiger partial charge in [-0.3, -0.25) is 4.98 Å². The lowest BCUT2D eigenvalue weighted by atomic mass is 10.0. The number of hydrogen-bond donors (Lipinski definition) is 1. The molecule has 1 atom stereocenters. The first kappa shape index (κ1) is 21.0. The Morgan fingerprint density at radius 1 is 1.18 bits per heavy atom. The van der Waals surface area contributed by atoms with E-state index in [4.69, 9.17) is 10.00 Å². The standard InChI is InChI=1S/C25H23FN6O/c1-2-33-25-30-23-20(24(31-25)32-13-12-28-17(15-32)10-11-27)14-29-22(21(23)26)19-9-5-7-16-6-3-4-8-18(16)19/h3-9,14,17,28H,2,10,12-13,15H2,1H3/t17-/m0/s1. The van der Waals surface area contributed by atoms with Crippen LogP contribution in [0.5, 0.6) is 6.01 Å². The Labute approximate surface area is 190 Å². The van der Waals surface area contributed by atoms with Crippen molar-refractivity contribution in [3.8, 4) is 23.3 Å². The first-order valence-electron chi connectivity index (χ1n) is 11.0. The number of rotatable bonds is 5. The molecule has 1 aliphatic rings. The Kier molecular flexibility index (Phi) is 5.71. The van der Waals surface area contributed by atoms with Crippen molar-refractivity contribution in [3.63, 3.8) is 0 Å². The monoisotopic (exact) mass is 442 g/mol. The molecule has 0 spiro atoms. The molecule has 0 bridgehead atoms. The second-order valence-electron chi connectivity index (χ2n) is 7.93. The molecule has 1 N–H and O–H groups in total. The molecule has 0 aliphatic carbocycles. The van der Waals surface area contributed by atoms with Crippen LogP contribution in [0.3, 0.4) is 0 Å². The highest BCUT2D eigenvalue weighted by Crippen LogP contribution is 2.34. The number of halogens is 1. The zero-order valence-corrected chi connectivity index (χ0v) is 18.3. The first-order chi connectivity index (χ1) is 16.2. The molecular formula is C25H23FN6O. The van der Waals surface area contributed by atoms with Crippen LogP contribution < -0.4 is 15.0 Å². The van der Waals surface area contributed by atoms with Gasteiger partial charge in [0.25, 0.3) is 0 Å². The summed E-state index contributed by atoms with van der Waals surface area (Å²) < 4.78 is 21.6. The van der Waals surface area contributed by atoms with Gasteiger partial charge >= 0.3 is 6.01 Å². The summed E-state index contributed by atoms with van der Waals surface area (Å²) in [7, 11) is 0. The van der Waals surface area contributed by atoms with E-state index in [1.165, 1.54) is 0 Å². The minimum atomic E-state index is -0.503. The molecule has 0 amide bonds. The lowest BCUT2D eigenvalue weighted by Crippen LogP contribution is -2.51. The Bertz CT molecular complexity index is 1360. The van der Waals surface area contributed by atoms with Crippen LogP contribution in [-0.4, -0.2) is 47.2 Å². The number of pyridine rings is 1. The molecule has 8 heteroatoms. The van der Waals surface area contributed by atoms with Gasteiger partial charge in [-0.15, -0.1) is 0 Å². The van der Waals surface area contributed by atoms with E-state index in [1.54, 1.807) is 6.20 Å². The van der Waals surface area contributed by atoms with Crippen molar-refractivity contribution < 1.29 is 9.13 Å². The molecular weight excluding hydrogens is 419 g/mol. The SMILES string of the molecule is CCOc1nc(N2CCN[C@@H](CC#N)C2)c2cnc(-c3cccc4ccccc34)c(F)c2n1. The van der Waals surface area contributed by atoms with Gasteiger partial charge in [0.2, 0.25) is 0 Å². The van der Waals surface area contributed by atoms with Gasteiger partial charge in [-0.2, -0.15) is 15.2 Å². The minimum Gasteiger partial charge on any atom is -0.464 e. The van der Waals surface area contributed by atoms with Gasteiger partial charge in [0.15, 0.2) is 5.82 Å². The van der Waals surface area contributed by atoms with Gasteiger partial charge in [-0.1, -0.05) is 42.5 Å². The van der Waals surface area contributed by atoms with Gasteiger partial charge in [-0.25, -0.2) is 4.39 Å². The maximum Gasteiger partial charge on any atom is 0.319 e. The summed E-state index contributed by atoms with van der Waals surface area (Å²) in [6.07, 6.45) is 2.03. The molecule has 0 unspecified atom stereocenters. The molecule has 1 aliphatic heterocycles. The first-order valence-corrected chi connectivity index (χ1v) is 11.0. The molecule has 2 aromatic carbocycles. The number of nitrogens with one attached hydrogen (secondary N) is 1. The third kappa shape index (κ3) is 3.92. The number of piperazine rings is 1. The van der Waals surface area contributed by atoms with E-state index >= 15 is 4.39 Å². The van der Waals surface area contributed by atoms with E-state index in [-0.39, 0.29) is 23.3 Å². The normalized spacial score (nSPS) is 16.2. The van der Waals surface area contributed by atoms with Crippen molar-refractivity contribution in [2.24, 2.45) is 0 Å². The van der Waals surface area contributed by atoms with Gasteiger partial charge in [0, 0.05) is 37.4 Å². The lowest BCUT2D eigenvalue weighted by molar-refractivity contribution is 0.313. The predicted octanol–water partition coefficient (Wildman–Crippen LogP) is 4.07. The topological polar surface area (TPSA) is 87.0 Å². The van der Waals surface area contributed by atoms with Gasteiger partial charge in [0.1, 0.15) is 17.0 Å². The Morgan fingerprint density at radius 3 is 2.88 bits per heavy atom. The number of ether oxygens (including phenoxy) is 1. The minimum absolute atomic E-state index is 0.0112. The third-order valence-corrected chi connectivity index (χ3v) is 5.85. The average Bonchev–Trinajstić information content (AvgIpc) is 2.85. The van der Waals surface area contributed by atoms with Crippen molar-refractivity contribution in [1.29, 1.82) is 5.26 Å². The van der Waals surface area contributed by atoms with Crippen LogP contribution in [0.4, 0.5) is 10.2 Å². The van der Waals surface area contributed by atoms with E-state index in [9.17, 15) is 0 Å². The average molecular weight is 442 g/mol. The Morgan fingerprint density at radius 2 is 2.03 bits per heavy atom. The molecule has 7 nitrogen and oxygen atoms in total. The van der Waals surface area contributed by atoms with Crippen LogP contribution in [0.15, 0.2) is 48.7 Å². The number of anilines is 1. The number of aromatic nitrogens is 3. The quantitative estimate of drug-likeness (QED) is 0.498. The molecule has 1 saturated heterocycles. The molecule has 1 fully saturated rings. The van der Waals surface area contributed by atoms with Crippen molar-refractivity contribution in [2.75, 3.05) is 31.1 Å². The molecule has 3 heterocycles. The summed E-state index contributed by atoms with van der Waals surface area (Å²) >= 11 is 0. The lowest BCUT2D eigenvalue weighted by Gasteiger charge is -2.34. The highest BCUT2D eigenvalue weighted by atomic mass is 19.1. The van der Waals surface area contributed by atoms with Crippen LogP contribution in [0.25, 0.3) is 32.9 Å². The maximum absolute atomic E-state index is 16.0. The van der Waals surface area contributed by atoms with Crippen molar-refractivity contribution in [2.45, 2.75) is 19.4 Å². The molecule has 166 valence electrons. The summed E-state index contributed by atoms with van der Waals surface area (Å²) in [5.74, 6) is 0.0703. The maximum atomic E-state index is 16.0. The number of nitrogens with zero attached hydrogens (tertiary/aromatic N) is 5. The molecule has 2 aromatic heterocycles. The summed E-state index contributed by atoms with van der Waals surface area (Å²) in [5, 5.41) is 14.9. The van der Waals surface area contributed by atoms with Crippen LogP contribution in [0, 0.1) is 17.1 Å². The van der Waals surface area contributed by atoms with Crippen molar-refractivity contribution >= 4 is 27.5 Å². The van der Waals surface area contributed by atoms with E-state index in [1.807, 2.05) is 54.3 Å². The van der Waals surface area contributed by atoms with E-state index in [0.717, 1.165) is 10.8 Å². The summed E-state index contributed by atoms with van der Waals surface area (Å²) in [4.78, 5) is 15.5. The number of hydrogen-bond acceptors (Lipinski definition) is 7. The number of fused-ring (bicyclic) bond motifs is 2. The van der Waals surface area contributed by atoms with E-state index in [0.29, 0.717) is 49.4 Å². The van der Waals surface area contributed by atoms with Crippen LogP contribution in [-0.2, 0) is 0 Å². The van der Waals surface area contributed by atoms with Crippen molar-refractivity contribution in [3.05, 3.63) is 54.5 Å². The fourth-order valence-corrected chi connectivity index (χ4v) is 4.34. The van der Waals surface area contributed by atoms with Crippen LogP contribution >= 0.6 is 0 Å². The molecule has 33 heavy (non-hydrogen) atoms. The number of benzene rings is 2. The summed E-state index contributed by atoms with van der Waals surface area (Å²) in [6.45, 7) is 4.16. The third-order valence-electron chi connectivity index (χ3n) is 5.85. The predicted molar refractivity (Wildman–Crippen MR) is 126 cm³/mol. The van der Waals surface area contributed by atoms with Crippen LogP contribution in [0.1, 0.15) is 13.3 Å². The summed E-state index contributed by atoms with van der Waals surface area (Å²) in [6, 6.07) is 16.0. The van der Waals surface area contributed by atoms with Gasteiger partial charge < -0.3 is 15.0 Å². The highest BCUT2D eigenvalue weighted by molar-refractivity contribution is 5.99. The summed E-state index contributed by atoms with van der Waals surface area (Å²) in [5.41, 5.74) is 1.13. The van der Waals surface area contributed by atoms with Gasteiger partial charge in [0.05, 0.1) is 24.5 Å². The second-order valence-corrected chi connectivity index (χ2v) is 7.93. The van der Waals surface area contributed by atoms with E-state index < -0.39 is 5.82 Å². The zero-order chi connectivity index (χ0) is 22.8. The molecule has 4 aromatic rings. The zero-order valence-electron chi connectivity index (χ0n) is 18.3. The molecule has 0 saturated carbocycles. The fraction of sp³-hybridized carbons (Fsp3) is 0.280. The molecule has 5 rings (SSSR count). The Balaban J connectivity index is 1.67.